The zero-order valence-electron chi connectivity index (χ0n) is 7.83. The maximum atomic E-state index is 11.5. The fourth-order valence-electron chi connectivity index (χ4n) is 0.904. The summed E-state index contributed by atoms with van der Waals surface area (Å²) in [5.74, 6) is -0.602. The average molecular weight is 289 g/mol. The highest BCUT2D eigenvalue weighted by molar-refractivity contribution is 9.10. The van der Waals surface area contributed by atoms with Gasteiger partial charge in [-0.15, -0.1) is 0 Å². The predicted molar refractivity (Wildman–Crippen MR) is 59.6 cm³/mol. The highest BCUT2D eigenvalue weighted by Crippen LogP contribution is 2.22. The van der Waals surface area contributed by atoms with Gasteiger partial charge >= 0.3 is 5.97 Å². The van der Waals surface area contributed by atoms with Crippen LogP contribution >= 0.6 is 27.5 Å². The Morgan fingerprint density at radius 3 is 2.93 bits per heavy atom. The Balaban J connectivity index is 2.92. The van der Waals surface area contributed by atoms with Crippen LogP contribution in [0.3, 0.4) is 0 Å². The van der Waals surface area contributed by atoms with Crippen LogP contribution in [0.5, 0.6) is 0 Å². The molecule has 1 aromatic carbocycles. The Morgan fingerprint density at radius 2 is 2.33 bits per heavy atom. The highest BCUT2D eigenvalue weighted by atomic mass is 79.9. The lowest BCUT2D eigenvalue weighted by molar-refractivity contribution is 0.0435. The molecule has 1 atom stereocenters. The molecule has 0 fully saturated rings. The monoisotopic (exact) mass is 287 g/mol. The van der Waals surface area contributed by atoms with E-state index in [2.05, 4.69) is 15.9 Å². The fraction of sp³-hybridized carbons (Fsp3) is 0.200. The summed E-state index contributed by atoms with van der Waals surface area (Å²) in [4.78, 5) is 11.5. The van der Waals surface area contributed by atoms with E-state index in [1.165, 1.54) is 6.92 Å². The zero-order chi connectivity index (χ0) is 11.4. The van der Waals surface area contributed by atoms with Crippen molar-refractivity contribution in [3.63, 3.8) is 0 Å². The molecule has 0 spiro atoms. The Bertz CT molecular complexity index is 428. The Morgan fingerprint density at radius 1 is 1.67 bits per heavy atom. The summed E-state index contributed by atoms with van der Waals surface area (Å²) < 4.78 is 5.54. The lowest BCUT2D eigenvalue weighted by Gasteiger charge is -2.07. The number of hydrogen-bond acceptors (Lipinski definition) is 3. The smallest absolute Gasteiger partial charge is 0.340 e. The van der Waals surface area contributed by atoms with Gasteiger partial charge in [-0.25, -0.2) is 4.79 Å². The largest absolute Gasteiger partial charge is 0.444 e. The van der Waals surface area contributed by atoms with Crippen molar-refractivity contribution < 1.29 is 9.53 Å². The number of nitrogens with zero attached hydrogens (tertiary/aromatic N) is 1. The molecule has 0 unspecified atom stereocenters. The molecule has 15 heavy (non-hydrogen) atoms. The van der Waals surface area contributed by atoms with E-state index in [0.29, 0.717) is 5.02 Å². The quantitative estimate of drug-likeness (QED) is 0.785. The van der Waals surface area contributed by atoms with Crippen molar-refractivity contribution in [2.24, 2.45) is 0 Å². The molecule has 0 bridgehead atoms. The lowest BCUT2D eigenvalue weighted by atomic mass is 10.2. The third-order valence-corrected chi connectivity index (χ3v) is 2.44. The molecule has 3 nitrogen and oxygen atoms in total. The van der Waals surface area contributed by atoms with Crippen molar-refractivity contribution in [2.75, 3.05) is 0 Å². The summed E-state index contributed by atoms with van der Waals surface area (Å²) in [6.07, 6.45) is -0.785. The van der Waals surface area contributed by atoms with Gasteiger partial charge in [0.25, 0.3) is 0 Å². The normalized spacial score (nSPS) is 11.6. The van der Waals surface area contributed by atoms with Gasteiger partial charge < -0.3 is 4.74 Å². The molecule has 0 amide bonds. The maximum Gasteiger partial charge on any atom is 0.340 e. The van der Waals surface area contributed by atoms with Gasteiger partial charge in [0.05, 0.1) is 10.6 Å². The number of rotatable bonds is 2. The molecule has 5 heteroatoms. The standard InChI is InChI=1S/C10H7BrClNO2/c1-6(5-13)15-10(14)8-4-7(11)2-3-9(8)12/h2-4,6H,1H3/t6-/m0/s1. The fourth-order valence-corrected chi connectivity index (χ4v) is 1.46. The van der Waals surface area contributed by atoms with Gasteiger partial charge in [0.2, 0.25) is 0 Å². The second kappa shape index (κ2) is 5.15. The van der Waals surface area contributed by atoms with Crippen molar-refractivity contribution in [3.8, 4) is 6.07 Å². The van der Waals surface area contributed by atoms with Crippen LogP contribution in [0.15, 0.2) is 22.7 Å². The summed E-state index contributed by atoms with van der Waals surface area (Å²) in [7, 11) is 0. The van der Waals surface area contributed by atoms with Crippen LogP contribution in [0.4, 0.5) is 0 Å². The van der Waals surface area contributed by atoms with Crippen LogP contribution in [0.2, 0.25) is 5.02 Å². The van der Waals surface area contributed by atoms with Crippen LogP contribution in [-0.4, -0.2) is 12.1 Å². The van der Waals surface area contributed by atoms with Crippen molar-refractivity contribution in [1.82, 2.24) is 0 Å². The number of carbonyl (C=O) groups excluding carboxylic acids is 1. The van der Waals surface area contributed by atoms with E-state index in [4.69, 9.17) is 21.6 Å². The molecule has 0 saturated carbocycles. The molecule has 1 aromatic rings. The van der Waals surface area contributed by atoms with E-state index < -0.39 is 12.1 Å². The minimum absolute atomic E-state index is 0.244. The third-order valence-electron chi connectivity index (χ3n) is 1.61. The summed E-state index contributed by atoms with van der Waals surface area (Å²) in [5.41, 5.74) is 0.244. The molecule has 0 radical (unpaired) electrons. The number of benzene rings is 1. The number of nitriles is 1. The Kier molecular flexibility index (Phi) is 4.13. The molecular weight excluding hydrogens is 281 g/mol. The molecule has 1 rings (SSSR count). The third kappa shape index (κ3) is 3.22. The lowest BCUT2D eigenvalue weighted by Crippen LogP contribution is -2.13. The summed E-state index contributed by atoms with van der Waals surface area (Å²) in [5, 5.41) is 8.78. The van der Waals surface area contributed by atoms with Crippen LogP contribution in [0.25, 0.3) is 0 Å². The summed E-state index contributed by atoms with van der Waals surface area (Å²) in [6, 6.07) is 6.65. The van der Waals surface area contributed by atoms with Crippen LogP contribution in [-0.2, 0) is 4.74 Å². The number of ether oxygens (including phenoxy) is 1. The minimum Gasteiger partial charge on any atom is -0.444 e. The van der Waals surface area contributed by atoms with Crippen LogP contribution in [0.1, 0.15) is 17.3 Å². The van der Waals surface area contributed by atoms with Crippen molar-refractivity contribution >= 4 is 33.5 Å². The van der Waals surface area contributed by atoms with Crippen molar-refractivity contribution in [1.29, 1.82) is 5.26 Å². The molecule has 0 saturated heterocycles. The second-order valence-corrected chi connectivity index (χ2v) is 4.12. The first-order valence-electron chi connectivity index (χ1n) is 4.10. The first-order chi connectivity index (χ1) is 7.04. The summed E-state index contributed by atoms with van der Waals surface area (Å²) >= 11 is 9.03. The zero-order valence-corrected chi connectivity index (χ0v) is 10.2. The number of halogens is 2. The van der Waals surface area contributed by atoms with Crippen LogP contribution in [0, 0.1) is 11.3 Å². The van der Waals surface area contributed by atoms with Crippen LogP contribution < -0.4 is 0 Å². The molecule has 0 aliphatic heterocycles. The average Bonchev–Trinajstić information content (AvgIpc) is 2.21. The van der Waals surface area contributed by atoms with Gasteiger partial charge in [0, 0.05) is 4.47 Å². The van der Waals surface area contributed by atoms with Gasteiger partial charge in [-0.2, -0.15) is 5.26 Å². The number of esters is 1. The first kappa shape index (κ1) is 12.0. The molecule has 78 valence electrons. The second-order valence-electron chi connectivity index (χ2n) is 2.80. The first-order valence-corrected chi connectivity index (χ1v) is 5.27. The molecule has 0 heterocycles. The van der Waals surface area contributed by atoms with E-state index in [1.54, 1.807) is 24.3 Å². The Hall–Kier alpha value is -1.05. The van der Waals surface area contributed by atoms with E-state index in [1.807, 2.05) is 0 Å². The van der Waals surface area contributed by atoms with E-state index in [9.17, 15) is 4.79 Å². The van der Waals surface area contributed by atoms with Gasteiger partial charge in [-0.3, -0.25) is 0 Å². The van der Waals surface area contributed by atoms with E-state index in [-0.39, 0.29) is 5.56 Å². The SMILES string of the molecule is C[C@@H](C#N)OC(=O)c1cc(Br)ccc1Cl. The topological polar surface area (TPSA) is 50.1 Å². The molecule has 0 aromatic heterocycles. The molecule has 0 aliphatic carbocycles. The molecular formula is C10H7BrClNO2. The molecule has 0 N–H and O–H groups in total. The predicted octanol–water partition coefficient (Wildman–Crippen LogP) is 3.17. The highest BCUT2D eigenvalue weighted by Gasteiger charge is 2.14. The summed E-state index contributed by atoms with van der Waals surface area (Å²) in [6.45, 7) is 1.49. The number of hydrogen-bond donors (Lipinski definition) is 0. The Labute approximate surface area is 101 Å². The van der Waals surface area contributed by atoms with Gasteiger partial charge in [-0.05, 0) is 25.1 Å². The van der Waals surface area contributed by atoms with E-state index >= 15 is 0 Å². The maximum absolute atomic E-state index is 11.5. The van der Waals surface area contributed by atoms with Crippen molar-refractivity contribution in [2.45, 2.75) is 13.0 Å². The number of carbonyl (C=O) groups is 1. The van der Waals surface area contributed by atoms with Gasteiger partial charge in [0.1, 0.15) is 6.07 Å². The van der Waals surface area contributed by atoms with Gasteiger partial charge in [0.15, 0.2) is 6.10 Å². The van der Waals surface area contributed by atoms with Gasteiger partial charge in [-0.1, -0.05) is 27.5 Å². The van der Waals surface area contributed by atoms with Crippen molar-refractivity contribution in [3.05, 3.63) is 33.3 Å². The van der Waals surface area contributed by atoms with E-state index in [0.717, 1.165) is 4.47 Å². The minimum atomic E-state index is -0.785. The molecule has 0 aliphatic rings.